The van der Waals surface area contributed by atoms with Gasteiger partial charge in [0.1, 0.15) is 11.5 Å². The highest BCUT2D eigenvalue weighted by Gasteiger charge is 2.18. The van der Waals surface area contributed by atoms with E-state index in [9.17, 15) is 14.9 Å². The Hall–Kier alpha value is -2.42. The summed E-state index contributed by atoms with van der Waals surface area (Å²) in [5, 5.41) is 22.8. The van der Waals surface area contributed by atoms with Gasteiger partial charge in [-0.3, -0.25) is 14.9 Å². The van der Waals surface area contributed by atoms with Crippen molar-refractivity contribution in [2.75, 3.05) is 11.1 Å². The Balaban J connectivity index is 1.51. The molecule has 1 aliphatic carbocycles. The van der Waals surface area contributed by atoms with Crippen LogP contribution in [0.5, 0.6) is 0 Å². The SMILES string of the molecule is Cn1c(CCC2CCCCC2)nnc1SCC(=O)Nc1ccccc1[N+](=O)[O-]. The number of para-hydroxylation sites is 2. The van der Waals surface area contributed by atoms with Crippen molar-refractivity contribution in [2.24, 2.45) is 13.0 Å². The van der Waals surface area contributed by atoms with E-state index in [2.05, 4.69) is 15.5 Å². The van der Waals surface area contributed by atoms with Gasteiger partial charge in [-0.2, -0.15) is 0 Å². The molecule has 0 unspecified atom stereocenters. The molecule has 0 atom stereocenters. The Bertz CT molecular complexity index is 833. The lowest BCUT2D eigenvalue weighted by Gasteiger charge is -2.20. The predicted octanol–water partition coefficient (Wildman–Crippen LogP) is 3.97. The second-order valence-corrected chi connectivity index (χ2v) is 8.05. The zero-order valence-electron chi connectivity index (χ0n) is 16.0. The van der Waals surface area contributed by atoms with Crippen molar-refractivity contribution < 1.29 is 9.72 Å². The highest BCUT2D eigenvalue weighted by molar-refractivity contribution is 7.99. The molecule has 28 heavy (non-hydrogen) atoms. The number of rotatable bonds is 8. The van der Waals surface area contributed by atoms with Gasteiger partial charge in [0.2, 0.25) is 5.91 Å². The lowest BCUT2D eigenvalue weighted by molar-refractivity contribution is -0.383. The minimum absolute atomic E-state index is 0.112. The molecule has 1 N–H and O–H groups in total. The minimum atomic E-state index is -0.510. The first-order valence-electron chi connectivity index (χ1n) is 9.59. The number of benzene rings is 1. The van der Waals surface area contributed by atoms with Gasteiger partial charge in [0.25, 0.3) is 5.69 Å². The molecule has 1 saturated carbocycles. The van der Waals surface area contributed by atoms with E-state index in [-0.39, 0.29) is 23.0 Å². The summed E-state index contributed by atoms with van der Waals surface area (Å²) in [5.74, 6) is 1.52. The summed E-state index contributed by atoms with van der Waals surface area (Å²) in [4.78, 5) is 22.7. The largest absolute Gasteiger partial charge is 0.320 e. The Morgan fingerprint density at radius 1 is 1.29 bits per heavy atom. The first kappa shape index (κ1) is 20.3. The molecule has 8 nitrogen and oxygen atoms in total. The third kappa shape index (κ3) is 5.31. The van der Waals surface area contributed by atoms with Crippen molar-refractivity contribution >= 4 is 29.0 Å². The van der Waals surface area contributed by atoms with Crippen LogP contribution in [0.25, 0.3) is 0 Å². The number of nitrogens with zero attached hydrogens (tertiary/aromatic N) is 4. The number of nitrogens with one attached hydrogen (secondary N) is 1. The van der Waals surface area contributed by atoms with Crippen molar-refractivity contribution in [3.05, 3.63) is 40.2 Å². The third-order valence-electron chi connectivity index (χ3n) is 5.13. The molecule has 0 radical (unpaired) electrons. The number of anilines is 1. The van der Waals surface area contributed by atoms with Crippen LogP contribution < -0.4 is 5.32 Å². The van der Waals surface area contributed by atoms with Gasteiger partial charge in [0, 0.05) is 19.5 Å². The summed E-state index contributed by atoms with van der Waals surface area (Å²) in [6.45, 7) is 0. The maximum Gasteiger partial charge on any atom is 0.292 e. The van der Waals surface area contributed by atoms with Crippen molar-refractivity contribution in [2.45, 2.75) is 50.1 Å². The molecule has 0 saturated heterocycles. The topological polar surface area (TPSA) is 103 Å². The number of hydrogen-bond donors (Lipinski definition) is 1. The number of nitro benzene ring substituents is 1. The van der Waals surface area contributed by atoms with E-state index in [1.807, 2.05) is 11.6 Å². The van der Waals surface area contributed by atoms with Gasteiger partial charge in [-0.15, -0.1) is 10.2 Å². The molecule has 1 aromatic carbocycles. The fourth-order valence-corrected chi connectivity index (χ4v) is 4.28. The lowest BCUT2D eigenvalue weighted by Crippen LogP contribution is -2.15. The molecule has 1 heterocycles. The quantitative estimate of drug-likeness (QED) is 0.406. The highest BCUT2D eigenvalue weighted by Crippen LogP contribution is 2.28. The zero-order chi connectivity index (χ0) is 19.9. The number of carbonyl (C=O) groups is 1. The van der Waals surface area contributed by atoms with Gasteiger partial charge in [-0.25, -0.2) is 0 Å². The Morgan fingerprint density at radius 2 is 2.04 bits per heavy atom. The van der Waals surface area contributed by atoms with Crippen LogP contribution in [-0.4, -0.2) is 31.3 Å². The second-order valence-electron chi connectivity index (χ2n) is 7.11. The number of thioether (sulfide) groups is 1. The van der Waals surface area contributed by atoms with E-state index < -0.39 is 4.92 Å². The normalized spacial score (nSPS) is 14.8. The predicted molar refractivity (Wildman–Crippen MR) is 108 cm³/mol. The first-order chi connectivity index (χ1) is 13.5. The summed E-state index contributed by atoms with van der Waals surface area (Å²) < 4.78 is 1.94. The lowest BCUT2D eigenvalue weighted by atomic mass is 9.86. The molecule has 150 valence electrons. The maximum absolute atomic E-state index is 12.2. The van der Waals surface area contributed by atoms with Crippen LogP contribution in [0, 0.1) is 16.0 Å². The van der Waals surface area contributed by atoms with Gasteiger partial charge in [-0.1, -0.05) is 56.0 Å². The van der Waals surface area contributed by atoms with Crippen molar-refractivity contribution in [1.82, 2.24) is 14.8 Å². The van der Waals surface area contributed by atoms with Gasteiger partial charge in [-0.05, 0) is 18.4 Å². The van der Waals surface area contributed by atoms with Crippen LogP contribution in [0.3, 0.4) is 0 Å². The fourth-order valence-electron chi connectivity index (χ4n) is 3.55. The monoisotopic (exact) mass is 403 g/mol. The first-order valence-corrected chi connectivity index (χ1v) is 10.6. The number of amides is 1. The van der Waals surface area contributed by atoms with E-state index in [4.69, 9.17) is 0 Å². The average Bonchev–Trinajstić information content (AvgIpc) is 3.05. The van der Waals surface area contributed by atoms with Gasteiger partial charge < -0.3 is 9.88 Å². The molecule has 3 rings (SSSR count). The number of aromatic nitrogens is 3. The number of carbonyl (C=O) groups excluding carboxylic acids is 1. The van der Waals surface area contributed by atoms with E-state index in [1.165, 1.54) is 56.0 Å². The van der Waals surface area contributed by atoms with Crippen molar-refractivity contribution in [3.8, 4) is 0 Å². The van der Waals surface area contributed by atoms with Crippen LogP contribution in [0.2, 0.25) is 0 Å². The zero-order valence-corrected chi connectivity index (χ0v) is 16.8. The molecule has 1 aliphatic rings. The molecule has 1 amide bonds. The van der Waals surface area contributed by atoms with Crippen molar-refractivity contribution in [3.63, 3.8) is 0 Å². The Labute approximate surface area is 168 Å². The molecule has 0 aliphatic heterocycles. The summed E-state index contributed by atoms with van der Waals surface area (Å²) in [6.07, 6.45) is 8.68. The minimum Gasteiger partial charge on any atom is -0.320 e. The molecule has 2 aromatic rings. The van der Waals surface area contributed by atoms with E-state index in [0.29, 0.717) is 5.16 Å². The van der Waals surface area contributed by atoms with Crippen molar-refractivity contribution in [1.29, 1.82) is 0 Å². The number of hydrogen-bond acceptors (Lipinski definition) is 6. The van der Waals surface area contributed by atoms with Crippen LogP contribution in [0.4, 0.5) is 11.4 Å². The molecule has 9 heteroatoms. The smallest absolute Gasteiger partial charge is 0.292 e. The van der Waals surface area contributed by atoms with Crippen LogP contribution >= 0.6 is 11.8 Å². The molecular weight excluding hydrogens is 378 g/mol. The molecule has 0 bridgehead atoms. The fraction of sp³-hybridized carbons (Fsp3) is 0.526. The average molecular weight is 404 g/mol. The number of aryl methyl sites for hydroxylation is 1. The standard InChI is InChI=1S/C19H25N5O3S/c1-23-17(12-11-14-7-3-2-4-8-14)21-22-19(23)28-13-18(25)20-15-9-5-6-10-16(15)24(26)27/h5-6,9-10,14H,2-4,7-8,11-13H2,1H3,(H,20,25). The van der Waals surface area contributed by atoms with Gasteiger partial charge >= 0.3 is 0 Å². The van der Waals surface area contributed by atoms with Crippen LogP contribution in [-0.2, 0) is 18.3 Å². The maximum atomic E-state index is 12.2. The third-order valence-corrected chi connectivity index (χ3v) is 6.15. The van der Waals surface area contributed by atoms with Gasteiger partial charge in [0.05, 0.1) is 10.7 Å². The van der Waals surface area contributed by atoms with E-state index in [0.717, 1.165) is 24.6 Å². The summed E-state index contributed by atoms with van der Waals surface area (Å²) >= 11 is 1.28. The van der Waals surface area contributed by atoms with Crippen LogP contribution in [0.1, 0.15) is 44.3 Å². The second kappa shape index (κ2) is 9.68. The Morgan fingerprint density at radius 3 is 2.79 bits per heavy atom. The number of nitro groups is 1. The van der Waals surface area contributed by atoms with E-state index in [1.54, 1.807) is 12.1 Å². The summed E-state index contributed by atoms with van der Waals surface area (Å²) in [5.41, 5.74) is 0.0775. The van der Waals surface area contributed by atoms with Gasteiger partial charge in [0.15, 0.2) is 5.16 Å². The Kier molecular flexibility index (Phi) is 7.02. The van der Waals surface area contributed by atoms with Crippen LogP contribution in [0.15, 0.2) is 29.4 Å². The molecule has 1 fully saturated rings. The molecule has 1 aromatic heterocycles. The summed E-state index contributed by atoms with van der Waals surface area (Å²) in [6, 6.07) is 6.10. The van der Waals surface area contributed by atoms with E-state index >= 15 is 0 Å². The molecule has 0 spiro atoms. The summed E-state index contributed by atoms with van der Waals surface area (Å²) in [7, 11) is 1.92. The highest BCUT2D eigenvalue weighted by atomic mass is 32.2. The molecular formula is C19H25N5O3S.